The van der Waals surface area contributed by atoms with Gasteiger partial charge in [-0.15, -0.1) is 6.42 Å². The monoisotopic (exact) mass is 256 g/mol. The van der Waals surface area contributed by atoms with Crippen LogP contribution in [-0.4, -0.2) is 27.6 Å². The molecular weight excluding hydrogens is 244 g/mol. The van der Waals surface area contributed by atoms with Crippen LogP contribution in [0.5, 0.6) is 0 Å². The Labute approximate surface area is 110 Å². The molecule has 1 amide bonds. The minimum Gasteiger partial charge on any atom is -0.345 e. The molecule has 0 spiro atoms. The molecule has 0 aliphatic rings. The van der Waals surface area contributed by atoms with Crippen LogP contribution in [0, 0.1) is 12.3 Å². The molecule has 2 heterocycles. The van der Waals surface area contributed by atoms with Gasteiger partial charge in [-0.1, -0.05) is 11.1 Å². The third kappa shape index (κ3) is 3.64. The summed E-state index contributed by atoms with van der Waals surface area (Å²) in [5.41, 5.74) is 0.772. The van der Waals surface area contributed by atoms with Crippen LogP contribution in [0.3, 0.4) is 0 Å². The molecule has 0 atom stereocenters. The highest BCUT2D eigenvalue weighted by atomic mass is 16.5. The van der Waals surface area contributed by atoms with Crippen molar-refractivity contribution in [3.8, 4) is 23.7 Å². The average Bonchev–Trinajstić information content (AvgIpc) is 2.93. The third-order valence-corrected chi connectivity index (χ3v) is 2.34. The Morgan fingerprint density at radius 2 is 2.42 bits per heavy atom. The van der Waals surface area contributed by atoms with Crippen molar-refractivity contribution in [2.75, 3.05) is 6.54 Å². The van der Waals surface area contributed by atoms with E-state index in [0.717, 1.165) is 5.56 Å². The summed E-state index contributed by atoms with van der Waals surface area (Å²) in [5.74, 6) is 3.07. The van der Waals surface area contributed by atoms with Gasteiger partial charge in [0.1, 0.15) is 0 Å². The van der Waals surface area contributed by atoms with Crippen LogP contribution in [0.15, 0.2) is 29.0 Å². The van der Waals surface area contributed by atoms with Gasteiger partial charge in [-0.3, -0.25) is 9.78 Å². The highest BCUT2D eigenvalue weighted by Crippen LogP contribution is 2.14. The Morgan fingerprint density at radius 1 is 1.53 bits per heavy atom. The lowest BCUT2D eigenvalue weighted by atomic mass is 10.2. The van der Waals surface area contributed by atoms with Crippen molar-refractivity contribution >= 4 is 5.91 Å². The number of carbonyl (C=O) groups is 1. The molecule has 6 heteroatoms. The van der Waals surface area contributed by atoms with Crippen LogP contribution >= 0.6 is 0 Å². The number of nitrogens with one attached hydrogen (secondary N) is 1. The number of aromatic nitrogens is 3. The van der Waals surface area contributed by atoms with Crippen LogP contribution in [0.2, 0.25) is 0 Å². The predicted molar refractivity (Wildman–Crippen MR) is 67.7 cm³/mol. The molecule has 19 heavy (non-hydrogen) atoms. The van der Waals surface area contributed by atoms with E-state index in [0.29, 0.717) is 18.1 Å². The van der Waals surface area contributed by atoms with Gasteiger partial charge in [0, 0.05) is 30.8 Å². The minimum absolute atomic E-state index is 0.140. The quantitative estimate of drug-likeness (QED) is 0.801. The van der Waals surface area contributed by atoms with E-state index < -0.39 is 0 Å². The van der Waals surface area contributed by atoms with Crippen LogP contribution in [0.1, 0.15) is 12.3 Å². The lowest BCUT2D eigenvalue weighted by molar-refractivity contribution is -0.120. The van der Waals surface area contributed by atoms with Crippen molar-refractivity contribution in [2.24, 2.45) is 0 Å². The molecule has 2 aromatic rings. The summed E-state index contributed by atoms with van der Waals surface area (Å²) < 4.78 is 5.06. The number of pyridine rings is 1. The van der Waals surface area contributed by atoms with Crippen molar-refractivity contribution in [3.05, 3.63) is 30.4 Å². The second-order valence-electron chi connectivity index (χ2n) is 3.73. The van der Waals surface area contributed by atoms with Gasteiger partial charge in [0.05, 0.1) is 6.54 Å². The summed E-state index contributed by atoms with van der Waals surface area (Å²) in [6.07, 6.45) is 8.99. The van der Waals surface area contributed by atoms with Crippen LogP contribution in [0.4, 0.5) is 0 Å². The van der Waals surface area contributed by atoms with Crippen molar-refractivity contribution in [2.45, 2.75) is 12.8 Å². The summed E-state index contributed by atoms with van der Waals surface area (Å²) in [4.78, 5) is 19.5. The highest BCUT2D eigenvalue weighted by Gasteiger charge is 2.10. The fraction of sp³-hybridized carbons (Fsp3) is 0.231. The zero-order valence-electron chi connectivity index (χ0n) is 10.2. The molecule has 2 aromatic heterocycles. The first kappa shape index (κ1) is 12.8. The number of hydrogen-bond donors (Lipinski definition) is 1. The second kappa shape index (κ2) is 6.31. The molecule has 6 nitrogen and oxygen atoms in total. The van der Waals surface area contributed by atoms with E-state index in [1.54, 1.807) is 18.5 Å². The zero-order chi connectivity index (χ0) is 13.5. The summed E-state index contributed by atoms with van der Waals surface area (Å²) >= 11 is 0. The van der Waals surface area contributed by atoms with E-state index in [2.05, 4.69) is 26.4 Å². The van der Waals surface area contributed by atoms with Crippen molar-refractivity contribution in [1.29, 1.82) is 0 Å². The minimum atomic E-state index is -0.140. The normalized spacial score (nSPS) is 9.84. The van der Waals surface area contributed by atoms with Crippen LogP contribution in [0.25, 0.3) is 11.4 Å². The number of nitrogens with zero attached hydrogens (tertiary/aromatic N) is 3. The fourth-order valence-corrected chi connectivity index (χ4v) is 1.43. The third-order valence-electron chi connectivity index (χ3n) is 2.34. The lowest BCUT2D eigenvalue weighted by Crippen LogP contribution is -2.23. The summed E-state index contributed by atoms with van der Waals surface area (Å²) in [7, 11) is 0. The topological polar surface area (TPSA) is 80.9 Å². The molecule has 0 saturated heterocycles. The molecule has 0 aliphatic carbocycles. The second-order valence-corrected chi connectivity index (χ2v) is 3.73. The number of terminal acetylenes is 1. The molecule has 0 saturated carbocycles. The van der Waals surface area contributed by atoms with Gasteiger partial charge >= 0.3 is 0 Å². The molecule has 96 valence electrons. The maximum absolute atomic E-state index is 11.3. The molecular formula is C13H12N4O2. The largest absolute Gasteiger partial charge is 0.345 e. The summed E-state index contributed by atoms with van der Waals surface area (Å²) in [5, 5.41) is 6.40. The average molecular weight is 256 g/mol. The summed E-state index contributed by atoms with van der Waals surface area (Å²) in [6.45, 7) is 0.226. The van der Waals surface area contributed by atoms with E-state index >= 15 is 0 Å². The maximum Gasteiger partial charge on any atom is 0.227 e. The van der Waals surface area contributed by atoms with Gasteiger partial charge in [0.15, 0.2) is 0 Å². The van der Waals surface area contributed by atoms with Gasteiger partial charge < -0.3 is 9.84 Å². The Kier molecular flexibility index (Phi) is 4.24. The standard InChI is InChI=1S/C13H12N4O2/c1-2-7-15-11(18)5-6-12-16-13(17-19-12)10-4-3-8-14-9-10/h1,3-4,8-9H,5-7H2,(H,15,18). The van der Waals surface area contributed by atoms with Crippen molar-refractivity contribution < 1.29 is 9.32 Å². The lowest BCUT2D eigenvalue weighted by Gasteiger charge is -1.97. The number of hydrogen-bond acceptors (Lipinski definition) is 5. The molecule has 1 N–H and O–H groups in total. The Morgan fingerprint density at radius 3 is 3.16 bits per heavy atom. The van der Waals surface area contributed by atoms with Crippen molar-refractivity contribution in [3.63, 3.8) is 0 Å². The Bertz CT molecular complexity index is 586. The molecule has 0 bridgehead atoms. The number of aryl methyl sites for hydroxylation is 1. The predicted octanol–water partition coefficient (Wildman–Crippen LogP) is 0.814. The van der Waals surface area contributed by atoms with Gasteiger partial charge in [0.25, 0.3) is 0 Å². The molecule has 0 aliphatic heterocycles. The van der Waals surface area contributed by atoms with Gasteiger partial charge in [-0.2, -0.15) is 4.98 Å². The van der Waals surface area contributed by atoms with E-state index in [9.17, 15) is 4.79 Å². The van der Waals surface area contributed by atoms with Crippen molar-refractivity contribution in [1.82, 2.24) is 20.4 Å². The first-order valence-electron chi connectivity index (χ1n) is 5.72. The smallest absolute Gasteiger partial charge is 0.227 e. The Hall–Kier alpha value is -2.68. The summed E-state index contributed by atoms with van der Waals surface area (Å²) in [6, 6.07) is 3.62. The fourth-order valence-electron chi connectivity index (χ4n) is 1.43. The van der Waals surface area contributed by atoms with E-state index in [1.807, 2.05) is 6.07 Å². The highest BCUT2D eigenvalue weighted by molar-refractivity contribution is 5.76. The SMILES string of the molecule is C#CCNC(=O)CCc1nc(-c2cccnc2)no1. The molecule has 0 fully saturated rings. The van der Waals surface area contributed by atoms with E-state index in [1.165, 1.54) is 0 Å². The maximum atomic E-state index is 11.3. The van der Waals surface area contributed by atoms with Crippen LogP contribution < -0.4 is 5.32 Å². The molecule has 2 rings (SSSR count). The van der Waals surface area contributed by atoms with E-state index in [-0.39, 0.29) is 18.9 Å². The van der Waals surface area contributed by atoms with Crippen LogP contribution in [-0.2, 0) is 11.2 Å². The van der Waals surface area contributed by atoms with E-state index in [4.69, 9.17) is 10.9 Å². The Balaban J connectivity index is 1.92. The number of carbonyl (C=O) groups excluding carboxylic acids is 1. The number of rotatable bonds is 5. The molecule has 0 unspecified atom stereocenters. The first-order chi connectivity index (χ1) is 9.29. The zero-order valence-corrected chi connectivity index (χ0v) is 10.2. The molecule has 0 radical (unpaired) electrons. The molecule has 0 aromatic carbocycles. The van der Waals surface area contributed by atoms with Gasteiger partial charge in [-0.05, 0) is 12.1 Å². The first-order valence-corrected chi connectivity index (χ1v) is 5.72. The number of amides is 1. The van der Waals surface area contributed by atoms with Gasteiger partial charge in [-0.25, -0.2) is 0 Å². The van der Waals surface area contributed by atoms with Gasteiger partial charge in [0.2, 0.25) is 17.6 Å².